The van der Waals surface area contributed by atoms with Crippen molar-refractivity contribution in [2.45, 2.75) is 59.1 Å². The van der Waals surface area contributed by atoms with Crippen molar-refractivity contribution in [1.82, 2.24) is 5.32 Å². The number of nitrogens with one attached hydrogen (secondary N) is 1. The van der Waals surface area contributed by atoms with Crippen LogP contribution in [0.4, 0.5) is 0 Å². The molecular weight excluding hydrogens is 262 g/mol. The molecule has 2 rings (SSSR count). The van der Waals surface area contributed by atoms with Crippen LogP contribution in [0.2, 0.25) is 0 Å². The second kappa shape index (κ2) is 8.40. The maximum absolute atomic E-state index is 6.01. The van der Waals surface area contributed by atoms with Crippen molar-refractivity contribution in [3.63, 3.8) is 0 Å². The van der Waals surface area contributed by atoms with E-state index in [0.717, 1.165) is 38.5 Å². The predicted molar refractivity (Wildman–Crippen MR) is 87.0 cm³/mol. The van der Waals surface area contributed by atoms with Gasteiger partial charge in [0.05, 0.1) is 12.7 Å². The summed E-state index contributed by atoms with van der Waals surface area (Å²) in [4.78, 5) is 0. The molecule has 1 fully saturated rings. The number of hydrogen-bond donors (Lipinski definition) is 1. The molecule has 0 aliphatic carbocycles. The Hall–Kier alpha value is -1.06. The highest BCUT2D eigenvalue weighted by molar-refractivity contribution is 5.43. The van der Waals surface area contributed by atoms with E-state index < -0.39 is 0 Å². The molecule has 0 aromatic heterocycles. The molecule has 21 heavy (non-hydrogen) atoms. The minimum absolute atomic E-state index is 0.406. The van der Waals surface area contributed by atoms with E-state index in [4.69, 9.17) is 9.47 Å². The average molecular weight is 291 g/mol. The third-order valence-corrected chi connectivity index (χ3v) is 3.99. The Morgan fingerprint density at radius 1 is 1.29 bits per heavy atom. The number of hydrogen-bond acceptors (Lipinski definition) is 3. The summed E-state index contributed by atoms with van der Waals surface area (Å²) in [6.45, 7) is 10.1. The number of benzene rings is 1. The van der Waals surface area contributed by atoms with Gasteiger partial charge in [0, 0.05) is 19.6 Å². The van der Waals surface area contributed by atoms with Crippen LogP contribution in [0.5, 0.6) is 5.75 Å². The van der Waals surface area contributed by atoms with Gasteiger partial charge in [0.2, 0.25) is 0 Å². The van der Waals surface area contributed by atoms with E-state index in [1.165, 1.54) is 36.0 Å². The van der Waals surface area contributed by atoms with E-state index in [2.05, 4.69) is 38.2 Å². The summed E-state index contributed by atoms with van der Waals surface area (Å²) in [5, 5.41) is 3.45. The highest BCUT2D eigenvalue weighted by atomic mass is 16.5. The van der Waals surface area contributed by atoms with Crippen LogP contribution in [0.15, 0.2) is 12.1 Å². The summed E-state index contributed by atoms with van der Waals surface area (Å²) in [7, 11) is 0. The number of rotatable bonds is 8. The van der Waals surface area contributed by atoms with Gasteiger partial charge in [-0.25, -0.2) is 0 Å². The molecular formula is C18H29NO2. The Labute approximate surface area is 129 Å². The number of aryl methyl sites for hydroxylation is 2. The molecule has 1 heterocycles. The molecule has 1 N–H and O–H groups in total. The maximum atomic E-state index is 6.01. The zero-order valence-electron chi connectivity index (χ0n) is 13.7. The molecule has 0 radical (unpaired) electrons. The first-order chi connectivity index (χ1) is 10.2. The lowest BCUT2D eigenvalue weighted by atomic mass is 10.1. The summed E-state index contributed by atoms with van der Waals surface area (Å²) < 4.78 is 11.6. The summed E-state index contributed by atoms with van der Waals surface area (Å²) in [6.07, 6.45) is 4.95. The van der Waals surface area contributed by atoms with Crippen LogP contribution >= 0.6 is 0 Å². The molecule has 1 atom stereocenters. The standard InChI is InChI=1S/C18H29NO2/c1-4-8-19-13-16-11-14(2)18(15(3)12-16)21-10-7-17-6-5-9-20-17/h11-12,17,19H,4-10,13H2,1-3H3. The fourth-order valence-electron chi connectivity index (χ4n) is 2.94. The van der Waals surface area contributed by atoms with Crippen molar-refractivity contribution in [3.05, 3.63) is 28.8 Å². The quantitative estimate of drug-likeness (QED) is 0.740. The van der Waals surface area contributed by atoms with E-state index >= 15 is 0 Å². The molecule has 118 valence electrons. The van der Waals surface area contributed by atoms with Crippen molar-refractivity contribution in [3.8, 4) is 5.75 Å². The summed E-state index contributed by atoms with van der Waals surface area (Å²) in [5.41, 5.74) is 3.80. The molecule has 3 nitrogen and oxygen atoms in total. The molecule has 0 saturated carbocycles. The number of ether oxygens (including phenoxy) is 2. The third kappa shape index (κ3) is 5.01. The minimum atomic E-state index is 0.406. The fourth-order valence-corrected chi connectivity index (χ4v) is 2.94. The lowest BCUT2D eigenvalue weighted by Gasteiger charge is -2.16. The molecule has 1 unspecified atom stereocenters. The first-order valence-corrected chi connectivity index (χ1v) is 8.26. The van der Waals surface area contributed by atoms with E-state index in [1.807, 2.05) is 0 Å². The SMILES string of the molecule is CCCNCc1cc(C)c(OCCC2CCCO2)c(C)c1. The van der Waals surface area contributed by atoms with Gasteiger partial charge in [0.25, 0.3) is 0 Å². The topological polar surface area (TPSA) is 30.5 Å². The second-order valence-electron chi connectivity index (χ2n) is 6.01. The molecule has 1 aliphatic rings. The predicted octanol–water partition coefficient (Wildman–Crippen LogP) is 3.75. The Morgan fingerprint density at radius 3 is 2.67 bits per heavy atom. The molecule has 0 spiro atoms. The fraction of sp³-hybridized carbons (Fsp3) is 0.667. The molecule has 0 bridgehead atoms. The van der Waals surface area contributed by atoms with Gasteiger partial charge in [-0.2, -0.15) is 0 Å². The highest BCUT2D eigenvalue weighted by Gasteiger charge is 2.15. The second-order valence-corrected chi connectivity index (χ2v) is 6.01. The first-order valence-electron chi connectivity index (χ1n) is 8.26. The Balaban J connectivity index is 1.86. The Kier molecular flexibility index (Phi) is 6.52. The van der Waals surface area contributed by atoms with Crippen LogP contribution in [0, 0.1) is 13.8 Å². The van der Waals surface area contributed by atoms with Gasteiger partial charge in [-0.1, -0.05) is 19.1 Å². The van der Waals surface area contributed by atoms with Crippen LogP contribution in [-0.4, -0.2) is 25.9 Å². The van der Waals surface area contributed by atoms with Crippen molar-refractivity contribution in [2.75, 3.05) is 19.8 Å². The molecule has 1 aromatic carbocycles. The zero-order valence-corrected chi connectivity index (χ0v) is 13.7. The lowest BCUT2D eigenvalue weighted by Crippen LogP contribution is -2.14. The maximum Gasteiger partial charge on any atom is 0.125 e. The lowest BCUT2D eigenvalue weighted by molar-refractivity contribution is 0.0901. The minimum Gasteiger partial charge on any atom is -0.493 e. The van der Waals surface area contributed by atoms with Crippen LogP contribution in [0.1, 0.15) is 49.3 Å². The van der Waals surface area contributed by atoms with Gasteiger partial charge in [-0.05, 0) is 56.3 Å². The third-order valence-electron chi connectivity index (χ3n) is 3.99. The Bertz CT molecular complexity index is 416. The molecule has 1 aromatic rings. The van der Waals surface area contributed by atoms with E-state index in [1.54, 1.807) is 0 Å². The van der Waals surface area contributed by atoms with Crippen LogP contribution in [-0.2, 0) is 11.3 Å². The molecule has 3 heteroatoms. The molecule has 0 amide bonds. The van der Waals surface area contributed by atoms with Crippen molar-refractivity contribution >= 4 is 0 Å². The van der Waals surface area contributed by atoms with Crippen molar-refractivity contribution < 1.29 is 9.47 Å². The van der Waals surface area contributed by atoms with Gasteiger partial charge < -0.3 is 14.8 Å². The van der Waals surface area contributed by atoms with Gasteiger partial charge in [0.1, 0.15) is 5.75 Å². The summed E-state index contributed by atoms with van der Waals surface area (Å²) in [5.74, 6) is 1.05. The van der Waals surface area contributed by atoms with Crippen LogP contribution in [0.25, 0.3) is 0 Å². The highest BCUT2D eigenvalue weighted by Crippen LogP contribution is 2.25. The van der Waals surface area contributed by atoms with Gasteiger partial charge in [0.15, 0.2) is 0 Å². The molecule has 1 saturated heterocycles. The normalized spacial score (nSPS) is 18.1. The van der Waals surface area contributed by atoms with E-state index in [9.17, 15) is 0 Å². The monoisotopic (exact) mass is 291 g/mol. The summed E-state index contributed by atoms with van der Waals surface area (Å²) >= 11 is 0. The van der Waals surface area contributed by atoms with E-state index in [0.29, 0.717) is 6.10 Å². The van der Waals surface area contributed by atoms with E-state index in [-0.39, 0.29) is 0 Å². The zero-order chi connectivity index (χ0) is 15.1. The van der Waals surface area contributed by atoms with Crippen molar-refractivity contribution in [1.29, 1.82) is 0 Å². The van der Waals surface area contributed by atoms with Crippen molar-refractivity contribution in [2.24, 2.45) is 0 Å². The van der Waals surface area contributed by atoms with Gasteiger partial charge >= 0.3 is 0 Å². The van der Waals surface area contributed by atoms with Gasteiger partial charge in [-0.3, -0.25) is 0 Å². The van der Waals surface area contributed by atoms with Gasteiger partial charge in [-0.15, -0.1) is 0 Å². The average Bonchev–Trinajstić information content (AvgIpc) is 2.95. The summed E-state index contributed by atoms with van der Waals surface area (Å²) in [6, 6.07) is 4.47. The van der Waals surface area contributed by atoms with Crippen LogP contribution < -0.4 is 10.1 Å². The van der Waals surface area contributed by atoms with Crippen LogP contribution in [0.3, 0.4) is 0 Å². The Morgan fingerprint density at radius 2 is 2.05 bits per heavy atom. The first kappa shape index (κ1) is 16.3. The smallest absolute Gasteiger partial charge is 0.125 e. The molecule has 1 aliphatic heterocycles. The largest absolute Gasteiger partial charge is 0.493 e.